The average Bonchev–Trinajstić information content (AvgIpc) is 2.76. The van der Waals surface area contributed by atoms with Crippen LogP contribution in [0.5, 0.6) is 0 Å². The third-order valence-corrected chi connectivity index (χ3v) is 6.02. The van der Waals surface area contributed by atoms with Gasteiger partial charge in [0.05, 0.1) is 17.1 Å². The van der Waals surface area contributed by atoms with Crippen molar-refractivity contribution in [3.05, 3.63) is 23.1 Å². The highest BCUT2D eigenvalue weighted by Crippen LogP contribution is 2.35. The molecular weight excluding hydrogens is 306 g/mol. The molecular formula is C15H23NO5S. The smallest absolute Gasteiger partial charge is 0.327 e. The fourth-order valence-electron chi connectivity index (χ4n) is 2.80. The van der Waals surface area contributed by atoms with E-state index in [4.69, 9.17) is 4.74 Å². The van der Waals surface area contributed by atoms with Gasteiger partial charge in [0.15, 0.2) is 6.04 Å². The minimum atomic E-state index is -3.82. The highest BCUT2D eigenvalue weighted by molar-refractivity contribution is 7.93. The van der Waals surface area contributed by atoms with Crippen LogP contribution in [0.1, 0.15) is 33.6 Å². The molecule has 124 valence electrons. The van der Waals surface area contributed by atoms with Gasteiger partial charge < -0.3 is 9.84 Å². The Morgan fingerprint density at radius 2 is 2.23 bits per heavy atom. The van der Waals surface area contributed by atoms with Gasteiger partial charge in [-0.15, -0.1) is 0 Å². The van der Waals surface area contributed by atoms with Crippen LogP contribution in [-0.4, -0.2) is 48.6 Å². The fourth-order valence-corrected chi connectivity index (χ4v) is 4.55. The van der Waals surface area contributed by atoms with Crippen molar-refractivity contribution in [3.63, 3.8) is 0 Å². The number of sulfonamides is 1. The van der Waals surface area contributed by atoms with Gasteiger partial charge >= 0.3 is 5.97 Å². The van der Waals surface area contributed by atoms with Crippen LogP contribution in [-0.2, 0) is 19.6 Å². The SMILES string of the molecule is CCOC(=O)C1N(S(=O)(=O)C2=CCC(C)C=C2)CCC1(C)O. The molecule has 2 rings (SSSR count). The maximum atomic E-state index is 12.8. The Balaban J connectivity index is 2.33. The van der Waals surface area contributed by atoms with E-state index in [9.17, 15) is 18.3 Å². The Morgan fingerprint density at radius 1 is 1.55 bits per heavy atom. The van der Waals surface area contributed by atoms with E-state index in [0.29, 0.717) is 12.3 Å². The van der Waals surface area contributed by atoms with E-state index in [1.165, 1.54) is 6.92 Å². The molecule has 0 amide bonds. The van der Waals surface area contributed by atoms with E-state index in [0.717, 1.165) is 4.31 Å². The summed E-state index contributed by atoms with van der Waals surface area (Å²) in [7, 11) is -3.82. The van der Waals surface area contributed by atoms with Crippen LogP contribution < -0.4 is 0 Å². The normalized spacial score (nSPS) is 32.8. The second-order valence-electron chi connectivity index (χ2n) is 6.06. The Kier molecular flexibility index (Phi) is 4.79. The maximum Gasteiger partial charge on any atom is 0.327 e. The predicted octanol–water partition coefficient (Wildman–Crippen LogP) is 1.18. The number of carbonyl (C=O) groups excluding carboxylic acids is 1. The number of ether oxygens (including phenoxy) is 1. The summed E-state index contributed by atoms with van der Waals surface area (Å²) in [4.78, 5) is 12.3. The van der Waals surface area contributed by atoms with Crippen molar-refractivity contribution in [1.29, 1.82) is 0 Å². The molecule has 1 N–H and O–H groups in total. The number of allylic oxidation sites excluding steroid dienone is 3. The van der Waals surface area contributed by atoms with Gasteiger partial charge in [-0.3, -0.25) is 4.79 Å². The zero-order valence-corrected chi connectivity index (χ0v) is 14.0. The van der Waals surface area contributed by atoms with E-state index in [1.807, 2.05) is 13.0 Å². The van der Waals surface area contributed by atoms with Gasteiger partial charge in [0.25, 0.3) is 0 Å². The van der Waals surface area contributed by atoms with Crippen LogP contribution >= 0.6 is 0 Å². The van der Waals surface area contributed by atoms with E-state index < -0.39 is 27.6 Å². The standard InChI is InChI=1S/C15H23NO5S/c1-4-21-14(17)13-15(3,18)9-10-16(13)22(19,20)12-7-5-11(2)6-8-12/h5,7-8,11,13,18H,4,6,9-10H2,1-3H3. The summed E-state index contributed by atoms with van der Waals surface area (Å²) < 4.78 is 31.6. The molecule has 0 spiro atoms. The van der Waals surface area contributed by atoms with Crippen molar-refractivity contribution in [1.82, 2.24) is 4.31 Å². The van der Waals surface area contributed by atoms with Gasteiger partial charge in [0.2, 0.25) is 10.0 Å². The lowest BCUT2D eigenvalue weighted by Gasteiger charge is -2.29. The van der Waals surface area contributed by atoms with Crippen LogP contribution in [0, 0.1) is 5.92 Å². The second-order valence-corrected chi connectivity index (χ2v) is 7.95. The van der Waals surface area contributed by atoms with E-state index in [2.05, 4.69) is 0 Å². The van der Waals surface area contributed by atoms with E-state index in [-0.39, 0.29) is 24.5 Å². The molecule has 7 heteroatoms. The number of esters is 1. The largest absolute Gasteiger partial charge is 0.465 e. The first-order valence-corrected chi connectivity index (χ1v) is 8.93. The van der Waals surface area contributed by atoms with E-state index in [1.54, 1.807) is 19.1 Å². The minimum absolute atomic E-state index is 0.0968. The van der Waals surface area contributed by atoms with Crippen molar-refractivity contribution in [2.24, 2.45) is 5.92 Å². The van der Waals surface area contributed by atoms with E-state index >= 15 is 0 Å². The fraction of sp³-hybridized carbons (Fsp3) is 0.667. The number of hydrogen-bond donors (Lipinski definition) is 1. The first-order chi connectivity index (χ1) is 10.2. The molecule has 3 unspecified atom stereocenters. The molecule has 0 aromatic heterocycles. The van der Waals surface area contributed by atoms with Gasteiger partial charge in [-0.2, -0.15) is 4.31 Å². The molecule has 0 aromatic carbocycles. The van der Waals surface area contributed by atoms with Crippen molar-refractivity contribution >= 4 is 16.0 Å². The highest BCUT2D eigenvalue weighted by atomic mass is 32.2. The number of rotatable bonds is 4. The maximum absolute atomic E-state index is 12.8. The molecule has 22 heavy (non-hydrogen) atoms. The number of nitrogens with zero attached hydrogens (tertiary/aromatic N) is 1. The third-order valence-electron chi connectivity index (χ3n) is 4.11. The summed E-state index contributed by atoms with van der Waals surface area (Å²) in [5.41, 5.74) is -1.43. The monoisotopic (exact) mass is 329 g/mol. The summed E-state index contributed by atoms with van der Waals surface area (Å²) in [6.07, 6.45) is 5.90. The molecule has 3 atom stereocenters. The summed E-state index contributed by atoms with van der Waals surface area (Å²) in [5.74, 6) is -0.413. The van der Waals surface area contributed by atoms with Crippen molar-refractivity contribution in [3.8, 4) is 0 Å². The average molecular weight is 329 g/mol. The van der Waals surface area contributed by atoms with Gasteiger partial charge in [0, 0.05) is 6.54 Å². The lowest BCUT2D eigenvalue weighted by Crippen LogP contribution is -2.51. The molecule has 1 aliphatic carbocycles. The second kappa shape index (κ2) is 6.14. The van der Waals surface area contributed by atoms with Crippen molar-refractivity contribution < 1.29 is 23.1 Å². The molecule has 1 aliphatic heterocycles. The predicted molar refractivity (Wildman–Crippen MR) is 82.3 cm³/mol. The summed E-state index contributed by atoms with van der Waals surface area (Å²) >= 11 is 0. The highest BCUT2D eigenvalue weighted by Gasteiger charge is 2.53. The number of carbonyl (C=O) groups is 1. The summed E-state index contributed by atoms with van der Waals surface area (Å²) in [6, 6.07) is -1.20. The van der Waals surface area contributed by atoms with Gasteiger partial charge in [-0.1, -0.05) is 19.1 Å². The zero-order chi connectivity index (χ0) is 16.5. The molecule has 1 fully saturated rings. The quantitative estimate of drug-likeness (QED) is 0.783. The summed E-state index contributed by atoms with van der Waals surface area (Å²) in [6.45, 7) is 5.35. The van der Waals surface area contributed by atoms with Crippen LogP contribution in [0.25, 0.3) is 0 Å². The molecule has 6 nitrogen and oxygen atoms in total. The van der Waals surface area contributed by atoms with Crippen LogP contribution in [0.2, 0.25) is 0 Å². The molecule has 0 saturated carbocycles. The molecule has 0 radical (unpaired) electrons. The first kappa shape index (κ1) is 17.2. The molecule has 0 bridgehead atoms. The zero-order valence-electron chi connectivity index (χ0n) is 13.2. The van der Waals surface area contributed by atoms with Crippen LogP contribution in [0.3, 0.4) is 0 Å². The molecule has 1 heterocycles. The molecule has 0 aromatic rings. The Bertz CT molecular complexity index is 605. The van der Waals surface area contributed by atoms with Gasteiger partial charge in [0.1, 0.15) is 0 Å². The van der Waals surface area contributed by atoms with Gasteiger partial charge in [-0.25, -0.2) is 8.42 Å². The lowest BCUT2D eigenvalue weighted by atomic mass is 9.98. The number of aliphatic hydroxyl groups is 1. The lowest BCUT2D eigenvalue weighted by molar-refractivity contribution is -0.152. The molecule has 1 saturated heterocycles. The Morgan fingerprint density at radius 3 is 2.77 bits per heavy atom. The third kappa shape index (κ3) is 3.11. The van der Waals surface area contributed by atoms with Crippen molar-refractivity contribution in [2.45, 2.75) is 45.3 Å². The van der Waals surface area contributed by atoms with Crippen LogP contribution in [0.4, 0.5) is 0 Å². The Labute approximate surface area is 131 Å². The van der Waals surface area contributed by atoms with Crippen molar-refractivity contribution in [2.75, 3.05) is 13.2 Å². The Hall–Kier alpha value is -1.18. The van der Waals surface area contributed by atoms with Crippen LogP contribution in [0.15, 0.2) is 23.1 Å². The first-order valence-electron chi connectivity index (χ1n) is 7.49. The molecule has 2 aliphatic rings. The minimum Gasteiger partial charge on any atom is -0.465 e. The summed E-state index contributed by atoms with van der Waals surface area (Å²) in [5, 5.41) is 10.4. The topological polar surface area (TPSA) is 83.9 Å². The number of hydrogen-bond acceptors (Lipinski definition) is 5. The van der Waals surface area contributed by atoms with Gasteiger partial charge in [-0.05, 0) is 38.7 Å².